The summed E-state index contributed by atoms with van der Waals surface area (Å²) < 4.78 is 0. The lowest BCUT2D eigenvalue weighted by Crippen LogP contribution is -2.20. The van der Waals surface area contributed by atoms with Gasteiger partial charge in [0.15, 0.2) is 0 Å². The summed E-state index contributed by atoms with van der Waals surface area (Å²) in [5, 5.41) is 8.67. The maximum atomic E-state index is 10.6. The van der Waals surface area contributed by atoms with Crippen LogP contribution >= 0.6 is 11.8 Å². The van der Waals surface area contributed by atoms with Crippen molar-refractivity contribution in [1.82, 2.24) is 0 Å². The van der Waals surface area contributed by atoms with Crippen LogP contribution in [0.4, 0.5) is 0 Å². The molecule has 3 nitrogen and oxygen atoms in total. The Bertz CT molecular complexity index is 314. The zero-order valence-corrected chi connectivity index (χ0v) is 8.04. The minimum atomic E-state index is -1.00. The summed E-state index contributed by atoms with van der Waals surface area (Å²) in [6.45, 7) is 0. The molecule has 0 aliphatic rings. The standard InChI is InChI=1S/C9H11NO2S/c1-13-7-4-2-3-6(5-7)8(10)9(11)12/h2-5,8H,10H2,1H3,(H,11,12)/t8-/m1/s1. The predicted molar refractivity (Wildman–Crippen MR) is 52.8 cm³/mol. The molecule has 0 fully saturated rings. The highest BCUT2D eigenvalue weighted by atomic mass is 32.2. The summed E-state index contributed by atoms with van der Waals surface area (Å²) >= 11 is 1.56. The van der Waals surface area contributed by atoms with Crippen LogP contribution in [0.3, 0.4) is 0 Å². The monoisotopic (exact) mass is 197 g/mol. The van der Waals surface area contributed by atoms with Gasteiger partial charge in [0.2, 0.25) is 0 Å². The van der Waals surface area contributed by atoms with E-state index in [2.05, 4.69) is 0 Å². The van der Waals surface area contributed by atoms with Crippen LogP contribution in [0.2, 0.25) is 0 Å². The molecule has 70 valence electrons. The molecule has 0 amide bonds. The van der Waals surface area contributed by atoms with E-state index in [1.165, 1.54) is 0 Å². The first-order chi connectivity index (χ1) is 6.15. The number of rotatable bonds is 3. The van der Waals surface area contributed by atoms with Crippen LogP contribution in [-0.4, -0.2) is 17.3 Å². The van der Waals surface area contributed by atoms with Gasteiger partial charge in [0, 0.05) is 4.90 Å². The second-order valence-electron chi connectivity index (χ2n) is 2.59. The Balaban J connectivity index is 2.94. The number of carboxylic acid groups (broad SMARTS) is 1. The minimum absolute atomic E-state index is 0.638. The summed E-state index contributed by atoms with van der Waals surface area (Å²) in [6, 6.07) is 6.32. The number of nitrogens with two attached hydrogens (primary N) is 1. The first-order valence-corrected chi connectivity index (χ1v) is 5.00. The van der Waals surface area contributed by atoms with E-state index in [4.69, 9.17) is 10.8 Å². The van der Waals surface area contributed by atoms with Crippen molar-refractivity contribution in [3.8, 4) is 0 Å². The Hall–Kier alpha value is -1.00. The number of aliphatic carboxylic acids is 1. The molecule has 3 N–H and O–H groups in total. The number of carbonyl (C=O) groups is 1. The highest BCUT2D eigenvalue weighted by Gasteiger charge is 2.13. The van der Waals surface area contributed by atoms with Gasteiger partial charge in [0.1, 0.15) is 6.04 Å². The molecule has 0 heterocycles. The normalized spacial score (nSPS) is 12.5. The zero-order valence-electron chi connectivity index (χ0n) is 7.23. The third kappa shape index (κ3) is 2.47. The largest absolute Gasteiger partial charge is 0.480 e. The highest BCUT2D eigenvalue weighted by Crippen LogP contribution is 2.19. The summed E-state index contributed by atoms with van der Waals surface area (Å²) in [6.07, 6.45) is 1.94. The van der Waals surface area contributed by atoms with Crippen LogP contribution in [0.25, 0.3) is 0 Å². The average molecular weight is 197 g/mol. The molecule has 0 aliphatic heterocycles. The lowest BCUT2D eigenvalue weighted by atomic mass is 10.1. The first-order valence-electron chi connectivity index (χ1n) is 3.77. The fraction of sp³-hybridized carbons (Fsp3) is 0.222. The van der Waals surface area contributed by atoms with Crippen molar-refractivity contribution in [2.45, 2.75) is 10.9 Å². The van der Waals surface area contributed by atoms with Crippen LogP contribution in [0, 0.1) is 0 Å². The Morgan fingerprint density at radius 2 is 2.31 bits per heavy atom. The third-order valence-corrected chi connectivity index (χ3v) is 2.44. The third-order valence-electron chi connectivity index (χ3n) is 1.72. The maximum absolute atomic E-state index is 10.6. The Labute approximate surface area is 80.9 Å². The van der Waals surface area contributed by atoms with Crippen molar-refractivity contribution in [1.29, 1.82) is 0 Å². The molecule has 0 unspecified atom stereocenters. The van der Waals surface area contributed by atoms with Crippen molar-refractivity contribution < 1.29 is 9.90 Å². The first kappa shape index (κ1) is 10.1. The van der Waals surface area contributed by atoms with E-state index in [-0.39, 0.29) is 0 Å². The molecule has 4 heteroatoms. The van der Waals surface area contributed by atoms with E-state index >= 15 is 0 Å². The summed E-state index contributed by atoms with van der Waals surface area (Å²) in [5.41, 5.74) is 6.09. The van der Waals surface area contributed by atoms with Gasteiger partial charge in [-0.05, 0) is 24.0 Å². The van der Waals surface area contributed by atoms with Crippen LogP contribution in [0.1, 0.15) is 11.6 Å². The molecule has 0 saturated heterocycles. The second kappa shape index (κ2) is 4.30. The summed E-state index contributed by atoms with van der Waals surface area (Å²) in [7, 11) is 0. The van der Waals surface area contributed by atoms with Crippen LogP contribution in [-0.2, 0) is 4.79 Å². The second-order valence-corrected chi connectivity index (χ2v) is 3.47. The highest BCUT2D eigenvalue weighted by molar-refractivity contribution is 7.98. The molecular weight excluding hydrogens is 186 g/mol. The molecular formula is C9H11NO2S. The molecule has 0 spiro atoms. The van der Waals surface area contributed by atoms with Crippen molar-refractivity contribution >= 4 is 17.7 Å². The van der Waals surface area contributed by atoms with Crippen LogP contribution in [0.5, 0.6) is 0 Å². The van der Waals surface area contributed by atoms with E-state index in [0.717, 1.165) is 4.90 Å². The molecule has 0 saturated carbocycles. The minimum Gasteiger partial charge on any atom is -0.480 e. The van der Waals surface area contributed by atoms with Crippen molar-refractivity contribution in [3.05, 3.63) is 29.8 Å². The van der Waals surface area contributed by atoms with Crippen molar-refractivity contribution in [3.63, 3.8) is 0 Å². The lowest BCUT2D eigenvalue weighted by molar-refractivity contribution is -0.138. The average Bonchev–Trinajstić information content (AvgIpc) is 2.16. The van der Waals surface area contributed by atoms with Gasteiger partial charge in [0.25, 0.3) is 0 Å². The molecule has 0 aromatic heterocycles. The molecule has 0 aliphatic carbocycles. The van der Waals surface area contributed by atoms with E-state index in [1.807, 2.05) is 18.4 Å². The molecule has 1 aromatic carbocycles. The number of hydrogen-bond acceptors (Lipinski definition) is 3. The van der Waals surface area contributed by atoms with E-state index < -0.39 is 12.0 Å². The number of carboxylic acids is 1. The van der Waals surface area contributed by atoms with Gasteiger partial charge in [-0.25, -0.2) is 0 Å². The topological polar surface area (TPSA) is 63.3 Å². The molecule has 0 radical (unpaired) electrons. The Morgan fingerprint density at radius 3 is 2.85 bits per heavy atom. The van der Waals surface area contributed by atoms with E-state index in [1.54, 1.807) is 23.9 Å². The Morgan fingerprint density at radius 1 is 1.62 bits per heavy atom. The van der Waals surface area contributed by atoms with Gasteiger partial charge in [-0.1, -0.05) is 12.1 Å². The van der Waals surface area contributed by atoms with Crippen LogP contribution < -0.4 is 5.73 Å². The summed E-state index contributed by atoms with van der Waals surface area (Å²) in [4.78, 5) is 11.6. The van der Waals surface area contributed by atoms with Crippen molar-refractivity contribution in [2.75, 3.05) is 6.26 Å². The smallest absolute Gasteiger partial charge is 0.325 e. The molecule has 1 rings (SSSR count). The lowest BCUT2D eigenvalue weighted by Gasteiger charge is -2.07. The van der Waals surface area contributed by atoms with Gasteiger partial charge in [0.05, 0.1) is 0 Å². The van der Waals surface area contributed by atoms with Crippen molar-refractivity contribution in [2.24, 2.45) is 5.73 Å². The molecule has 0 bridgehead atoms. The van der Waals surface area contributed by atoms with E-state index in [0.29, 0.717) is 5.56 Å². The number of thioether (sulfide) groups is 1. The molecule has 1 atom stereocenters. The maximum Gasteiger partial charge on any atom is 0.325 e. The van der Waals surface area contributed by atoms with Gasteiger partial charge in [-0.15, -0.1) is 11.8 Å². The van der Waals surface area contributed by atoms with Gasteiger partial charge in [-0.2, -0.15) is 0 Å². The van der Waals surface area contributed by atoms with Gasteiger partial charge < -0.3 is 10.8 Å². The number of hydrogen-bond donors (Lipinski definition) is 2. The molecule has 13 heavy (non-hydrogen) atoms. The summed E-state index contributed by atoms with van der Waals surface area (Å²) in [5.74, 6) is -1.00. The number of benzene rings is 1. The molecule has 1 aromatic rings. The van der Waals surface area contributed by atoms with Crippen LogP contribution in [0.15, 0.2) is 29.2 Å². The Kier molecular flexibility index (Phi) is 3.33. The quantitative estimate of drug-likeness (QED) is 0.721. The fourth-order valence-corrected chi connectivity index (χ4v) is 1.45. The van der Waals surface area contributed by atoms with E-state index in [9.17, 15) is 4.79 Å². The fourth-order valence-electron chi connectivity index (χ4n) is 0.978. The van der Waals surface area contributed by atoms with Gasteiger partial charge in [-0.3, -0.25) is 4.79 Å². The SMILES string of the molecule is CSc1cccc([C@@H](N)C(=O)O)c1. The predicted octanol–water partition coefficient (Wildman–Crippen LogP) is 1.49. The van der Waals surface area contributed by atoms with Gasteiger partial charge >= 0.3 is 5.97 Å². The zero-order chi connectivity index (χ0) is 9.84.